The molecule has 1 aromatic carbocycles. The standard InChI is InChI=1S/C15H14F3N3O5/c1-25-8-21-12(22)6-10(20-14(21)24)13(23)19-7-9-4-2-3-5-11(9)26-15(16,17)18/h2-6H,7-8H2,1H3,(H,19,23)(H,20,24). The monoisotopic (exact) mass is 373 g/mol. The summed E-state index contributed by atoms with van der Waals surface area (Å²) in [5, 5.41) is 2.31. The van der Waals surface area contributed by atoms with Gasteiger partial charge in [-0.2, -0.15) is 0 Å². The topological polar surface area (TPSA) is 102 Å². The van der Waals surface area contributed by atoms with Crippen molar-refractivity contribution in [2.75, 3.05) is 7.11 Å². The number of methoxy groups -OCH3 is 1. The zero-order chi connectivity index (χ0) is 19.3. The van der Waals surface area contributed by atoms with E-state index >= 15 is 0 Å². The van der Waals surface area contributed by atoms with Crippen LogP contribution >= 0.6 is 0 Å². The molecule has 0 unspecified atom stereocenters. The van der Waals surface area contributed by atoms with Crippen molar-refractivity contribution in [3.63, 3.8) is 0 Å². The van der Waals surface area contributed by atoms with Crippen LogP contribution in [0.3, 0.4) is 0 Å². The second-order valence-electron chi connectivity index (χ2n) is 5.01. The molecule has 2 aromatic rings. The highest BCUT2D eigenvalue weighted by Gasteiger charge is 2.32. The molecule has 1 aromatic heterocycles. The van der Waals surface area contributed by atoms with Gasteiger partial charge in [0.25, 0.3) is 11.5 Å². The van der Waals surface area contributed by atoms with Crippen molar-refractivity contribution in [3.8, 4) is 5.75 Å². The Morgan fingerprint density at radius 1 is 1.27 bits per heavy atom. The summed E-state index contributed by atoms with van der Waals surface area (Å²) in [6.45, 7) is -0.605. The van der Waals surface area contributed by atoms with Gasteiger partial charge in [0.05, 0.1) is 0 Å². The molecular weight excluding hydrogens is 359 g/mol. The molecule has 0 aliphatic carbocycles. The van der Waals surface area contributed by atoms with Crippen molar-refractivity contribution in [1.29, 1.82) is 0 Å². The van der Waals surface area contributed by atoms with Gasteiger partial charge in [-0.05, 0) is 6.07 Å². The molecule has 8 nitrogen and oxygen atoms in total. The van der Waals surface area contributed by atoms with Crippen LogP contribution in [0, 0.1) is 0 Å². The highest BCUT2D eigenvalue weighted by molar-refractivity contribution is 5.92. The predicted octanol–water partition coefficient (Wildman–Crippen LogP) is 0.969. The summed E-state index contributed by atoms with van der Waals surface area (Å²) >= 11 is 0. The van der Waals surface area contributed by atoms with E-state index < -0.39 is 29.3 Å². The van der Waals surface area contributed by atoms with Crippen molar-refractivity contribution >= 4 is 5.91 Å². The third-order valence-electron chi connectivity index (χ3n) is 3.16. The summed E-state index contributed by atoms with van der Waals surface area (Å²) in [6.07, 6.45) is -4.88. The summed E-state index contributed by atoms with van der Waals surface area (Å²) < 4.78 is 46.4. The molecule has 0 fully saturated rings. The number of benzene rings is 1. The number of carbonyl (C=O) groups excluding carboxylic acids is 1. The van der Waals surface area contributed by atoms with Gasteiger partial charge in [-0.1, -0.05) is 18.2 Å². The number of aromatic amines is 1. The summed E-state index contributed by atoms with van der Waals surface area (Å²) in [4.78, 5) is 37.8. The maximum absolute atomic E-state index is 12.4. The number of ether oxygens (including phenoxy) is 2. The molecule has 0 aliphatic heterocycles. The summed E-state index contributed by atoms with van der Waals surface area (Å²) in [5.74, 6) is -1.31. The molecule has 2 rings (SSSR count). The largest absolute Gasteiger partial charge is 0.573 e. The zero-order valence-electron chi connectivity index (χ0n) is 13.4. The lowest BCUT2D eigenvalue weighted by atomic mass is 10.2. The number of nitrogens with zero attached hydrogens (tertiary/aromatic N) is 1. The molecule has 0 spiro atoms. The number of amides is 1. The number of H-pyrrole nitrogens is 1. The fraction of sp³-hybridized carbons (Fsp3) is 0.267. The molecule has 1 amide bonds. The molecule has 1 heterocycles. The Morgan fingerprint density at radius 2 is 1.96 bits per heavy atom. The quantitative estimate of drug-likeness (QED) is 0.786. The maximum atomic E-state index is 12.4. The number of para-hydroxylation sites is 1. The van der Waals surface area contributed by atoms with Gasteiger partial charge in [-0.3, -0.25) is 9.59 Å². The molecule has 0 radical (unpaired) electrons. The second kappa shape index (κ2) is 7.87. The Hall–Kier alpha value is -3.08. The number of nitrogens with one attached hydrogen (secondary N) is 2. The average molecular weight is 373 g/mol. The van der Waals surface area contributed by atoms with Gasteiger partial charge < -0.3 is 19.8 Å². The Bertz CT molecular complexity index is 873. The number of carbonyl (C=O) groups is 1. The summed E-state index contributed by atoms with van der Waals surface area (Å²) in [6, 6.07) is 6.13. The van der Waals surface area contributed by atoms with E-state index in [0.717, 1.165) is 16.7 Å². The van der Waals surface area contributed by atoms with Crippen LogP contribution < -0.4 is 21.3 Å². The van der Waals surface area contributed by atoms with E-state index in [1.54, 1.807) is 0 Å². The lowest BCUT2D eigenvalue weighted by molar-refractivity contribution is -0.274. The molecule has 0 atom stereocenters. The Labute approximate surface area is 144 Å². The fourth-order valence-corrected chi connectivity index (χ4v) is 2.04. The minimum atomic E-state index is -4.88. The Morgan fingerprint density at radius 3 is 2.58 bits per heavy atom. The number of hydrogen-bond donors (Lipinski definition) is 2. The van der Waals surface area contributed by atoms with Crippen LogP contribution in [0.4, 0.5) is 13.2 Å². The molecule has 0 aliphatic rings. The molecule has 0 saturated carbocycles. The van der Waals surface area contributed by atoms with Crippen LogP contribution in [0.2, 0.25) is 0 Å². The van der Waals surface area contributed by atoms with Crippen molar-refractivity contribution in [2.24, 2.45) is 0 Å². The van der Waals surface area contributed by atoms with E-state index in [-0.39, 0.29) is 24.5 Å². The third-order valence-corrected chi connectivity index (χ3v) is 3.16. The van der Waals surface area contributed by atoms with Crippen LogP contribution in [0.15, 0.2) is 39.9 Å². The van der Waals surface area contributed by atoms with Gasteiger partial charge >= 0.3 is 12.1 Å². The van der Waals surface area contributed by atoms with Gasteiger partial charge in [0.15, 0.2) is 0 Å². The number of rotatable bonds is 6. The van der Waals surface area contributed by atoms with Crippen molar-refractivity contribution in [1.82, 2.24) is 14.9 Å². The van der Waals surface area contributed by atoms with Gasteiger partial charge in [0, 0.05) is 25.3 Å². The van der Waals surface area contributed by atoms with Crippen LogP contribution in [0.5, 0.6) is 5.75 Å². The van der Waals surface area contributed by atoms with Crippen LogP contribution in [-0.2, 0) is 18.0 Å². The first-order valence-electron chi connectivity index (χ1n) is 7.16. The summed E-state index contributed by atoms with van der Waals surface area (Å²) in [5.41, 5.74) is -1.89. The highest BCUT2D eigenvalue weighted by atomic mass is 19.4. The van der Waals surface area contributed by atoms with E-state index in [1.807, 2.05) is 0 Å². The van der Waals surface area contributed by atoms with E-state index in [9.17, 15) is 27.6 Å². The molecule has 11 heteroatoms. The first-order valence-corrected chi connectivity index (χ1v) is 7.16. The lowest BCUT2D eigenvalue weighted by Gasteiger charge is -2.13. The average Bonchev–Trinajstić information content (AvgIpc) is 2.55. The third kappa shape index (κ3) is 4.96. The smallest absolute Gasteiger partial charge is 0.405 e. The fourth-order valence-electron chi connectivity index (χ4n) is 2.04. The number of alkyl halides is 3. The van der Waals surface area contributed by atoms with Gasteiger partial charge in [-0.15, -0.1) is 13.2 Å². The zero-order valence-corrected chi connectivity index (χ0v) is 13.4. The molecule has 0 saturated heterocycles. The first kappa shape index (κ1) is 19.2. The van der Waals surface area contributed by atoms with Gasteiger partial charge in [-0.25, -0.2) is 9.36 Å². The van der Waals surface area contributed by atoms with Crippen LogP contribution in [0.1, 0.15) is 16.1 Å². The van der Waals surface area contributed by atoms with E-state index in [2.05, 4.69) is 19.8 Å². The summed E-state index contributed by atoms with van der Waals surface area (Å²) in [7, 11) is 1.28. The maximum Gasteiger partial charge on any atom is 0.573 e. The molecular formula is C15H14F3N3O5. The van der Waals surface area contributed by atoms with Crippen LogP contribution in [0.25, 0.3) is 0 Å². The Kier molecular flexibility index (Phi) is 5.82. The van der Waals surface area contributed by atoms with E-state index in [4.69, 9.17) is 0 Å². The van der Waals surface area contributed by atoms with Gasteiger partial charge in [0.2, 0.25) is 0 Å². The van der Waals surface area contributed by atoms with E-state index in [0.29, 0.717) is 0 Å². The molecule has 0 bridgehead atoms. The minimum Gasteiger partial charge on any atom is -0.405 e. The number of hydrogen-bond acceptors (Lipinski definition) is 5. The van der Waals surface area contributed by atoms with Crippen molar-refractivity contribution < 1.29 is 27.4 Å². The Balaban J connectivity index is 2.15. The molecule has 2 N–H and O–H groups in total. The van der Waals surface area contributed by atoms with E-state index in [1.165, 1.54) is 25.3 Å². The number of halogens is 3. The second-order valence-corrected chi connectivity index (χ2v) is 5.01. The SMILES string of the molecule is COCn1c(=O)cc(C(=O)NCc2ccccc2OC(F)(F)F)[nH]c1=O. The highest BCUT2D eigenvalue weighted by Crippen LogP contribution is 2.26. The lowest BCUT2D eigenvalue weighted by Crippen LogP contribution is -2.38. The van der Waals surface area contributed by atoms with Crippen molar-refractivity contribution in [2.45, 2.75) is 19.6 Å². The molecule has 140 valence electrons. The first-order chi connectivity index (χ1) is 12.2. The van der Waals surface area contributed by atoms with Crippen LogP contribution in [-0.4, -0.2) is 28.9 Å². The molecule has 26 heavy (non-hydrogen) atoms. The normalized spacial score (nSPS) is 11.2. The van der Waals surface area contributed by atoms with Gasteiger partial charge in [0.1, 0.15) is 18.2 Å². The predicted molar refractivity (Wildman–Crippen MR) is 82.6 cm³/mol. The number of aromatic nitrogens is 2. The van der Waals surface area contributed by atoms with Crippen molar-refractivity contribution in [3.05, 3.63) is 62.4 Å². The minimum absolute atomic E-state index is 0.0632.